The molecule has 1 aliphatic carbocycles. The Balaban J connectivity index is 1.03. The number of para-hydroxylation sites is 3. The van der Waals surface area contributed by atoms with E-state index in [-0.39, 0.29) is 12.0 Å². The monoisotopic (exact) mass is 748 g/mol. The minimum atomic E-state index is -0.201. The Kier molecular flexibility index (Phi) is 7.16. The van der Waals surface area contributed by atoms with E-state index in [1.807, 2.05) is 6.07 Å². The second kappa shape index (κ2) is 12.7. The van der Waals surface area contributed by atoms with Crippen molar-refractivity contribution in [3.05, 3.63) is 193 Å². The molecule has 0 bridgehead atoms. The highest BCUT2D eigenvalue weighted by molar-refractivity contribution is 7.25. The van der Waals surface area contributed by atoms with E-state index < -0.39 is 0 Å². The second-order valence-electron chi connectivity index (χ2n) is 14.7. The van der Waals surface area contributed by atoms with E-state index in [4.69, 9.17) is 19.7 Å². The van der Waals surface area contributed by atoms with E-state index in [1.165, 1.54) is 36.8 Å². The molecule has 3 aromatic heterocycles. The molecule has 4 heterocycles. The van der Waals surface area contributed by atoms with Crippen LogP contribution < -0.4 is 4.74 Å². The fourth-order valence-electron chi connectivity index (χ4n) is 8.88. The zero-order chi connectivity index (χ0) is 37.5. The second-order valence-corrected chi connectivity index (χ2v) is 15.7. The molecular weight excluding hydrogens is 717 g/mol. The van der Waals surface area contributed by atoms with Gasteiger partial charge in [-0.1, -0.05) is 140 Å². The summed E-state index contributed by atoms with van der Waals surface area (Å²) >= 11 is 1.79. The van der Waals surface area contributed by atoms with Crippen molar-refractivity contribution in [3.63, 3.8) is 0 Å². The van der Waals surface area contributed by atoms with E-state index in [0.717, 1.165) is 50.3 Å². The molecule has 57 heavy (non-hydrogen) atoms. The highest BCUT2D eigenvalue weighted by Crippen LogP contribution is 2.55. The van der Waals surface area contributed by atoms with Crippen molar-refractivity contribution < 1.29 is 4.74 Å². The minimum Gasteiger partial charge on any atom is -0.484 e. The Morgan fingerprint density at radius 3 is 1.98 bits per heavy atom. The topological polar surface area (TPSA) is 52.8 Å². The van der Waals surface area contributed by atoms with Crippen molar-refractivity contribution in [1.82, 2.24) is 19.5 Å². The van der Waals surface area contributed by atoms with Gasteiger partial charge in [-0.2, -0.15) is 0 Å². The molecule has 7 aromatic carbocycles. The fraction of sp³-hybridized carbons (Fsp3) is 0.0392. The number of hydrogen-bond donors (Lipinski definition) is 0. The van der Waals surface area contributed by atoms with Gasteiger partial charge in [-0.15, -0.1) is 11.3 Å². The molecule has 6 heteroatoms. The Morgan fingerprint density at radius 1 is 0.509 bits per heavy atom. The van der Waals surface area contributed by atoms with Gasteiger partial charge >= 0.3 is 0 Å². The van der Waals surface area contributed by atoms with Crippen LogP contribution in [0.1, 0.15) is 28.8 Å². The summed E-state index contributed by atoms with van der Waals surface area (Å²) in [5.41, 5.74) is 10.9. The van der Waals surface area contributed by atoms with Gasteiger partial charge < -0.3 is 9.30 Å². The van der Waals surface area contributed by atoms with Crippen molar-refractivity contribution >= 4 is 48.5 Å². The lowest BCUT2D eigenvalue weighted by molar-refractivity contribution is 0.225. The Labute approximate surface area is 332 Å². The summed E-state index contributed by atoms with van der Waals surface area (Å²) in [5, 5.41) is 3.56. The molecule has 2 unspecified atom stereocenters. The van der Waals surface area contributed by atoms with Gasteiger partial charge in [-0.3, -0.25) is 0 Å². The van der Waals surface area contributed by atoms with Crippen LogP contribution in [0.5, 0.6) is 5.75 Å². The number of rotatable bonds is 5. The Hall–Kier alpha value is -7.15. The third-order valence-electron chi connectivity index (χ3n) is 11.5. The fourth-order valence-corrected chi connectivity index (χ4v) is 10.0. The lowest BCUT2D eigenvalue weighted by Gasteiger charge is -2.22. The summed E-state index contributed by atoms with van der Waals surface area (Å²) in [4.78, 5) is 15.8. The van der Waals surface area contributed by atoms with Gasteiger partial charge in [0.05, 0.1) is 16.8 Å². The van der Waals surface area contributed by atoms with Crippen LogP contribution in [0, 0.1) is 0 Å². The normalized spacial score (nSPS) is 15.4. The van der Waals surface area contributed by atoms with E-state index >= 15 is 0 Å². The first kappa shape index (κ1) is 32.1. The zero-order valence-corrected chi connectivity index (χ0v) is 31.4. The van der Waals surface area contributed by atoms with E-state index in [2.05, 4.69) is 181 Å². The predicted molar refractivity (Wildman–Crippen MR) is 233 cm³/mol. The largest absolute Gasteiger partial charge is 0.484 e. The quantitative estimate of drug-likeness (QED) is 0.176. The number of aromatic nitrogens is 4. The number of fused-ring (bicyclic) bond motifs is 10. The minimum absolute atomic E-state index is 0.0414. The third-order valence-corrected chi connectivity index (χ3v) is 12.6. The van der Waals surface area contributed by atoms with Gasteiger partial charge in [0.2, 0.25) is 0 Å². The Morgan fingerprint density at radius 2 is 1.14 bits per heavy atom. The van der Waals surface area contributed by atoms with Crippen LogP contribution in [0.25, 0.3) is 88.1 Å². The molecule has 12 rings (SSSR count). The molecule has 2 atom stereocenters. The Bertz CT molecular complexity index is 3220. The van der Waals surface area contributed by atoms with Gasteiger partial charge in [0, 0.05) is 59.4 Å². The molecule has 0 fully saturated rings. The van der Waals surface area contributed by atoms with Gasteiger partial charge in [-0.25, -0.2) is 15.0 Å². The summed E-state index contributed by atoms with van der Waals surface area (Å²) in [5.74, 6) is 2.71. The molecule has 0 saturated heterocycles. The highest BCUT2D eigenvalue weighted by Gasteiger charge is 2.41. The summed E-state index contributed by atoms with van der Waals surface area (Å²) in [7, 11) is 0. The van der Waals surface area contributed by atoms with Gasteiger partial charge in [0.15, 0.2) is 17.5 Å². The summed E-state index contributed by atoms with van der Waals surface area (Å²) in [6.07, 6.45) is 4.38. The van der Waals surface area contributed by atoms with Crippen molar-refractivity contribution in [2.24, 2.45) is 0 Å². The van der Waals surface area contributed by atoms with Gasteiger partial charge in [-0.05, 0) is 53.6 Å². The maximum atomic E-state index is 7.19. The van der Waals surface area contributed by atoms with Crippen LogP contribution in [-0.4, -0.2) is 19.5 Å². The maximum Gasteiger partial charge on any atom is 0.167 e. The van der Waals surface area contributed by atoms with Crippen LogP contribution in [0.2, 0.25) is 0 Å². The van der Waals surface area contributed by atoms with Crippen molar-refractivity contribution in [2.75, 3.05) is 0 Å². The average Bonchev–Trinajstić information content (AvgIpc) is 3.96. The molecule has 2 aliphatic rings. The van der Waals surface area contributed by atoms with Crippen LogP contribution in [0.4, 0.5) is 0 Å². The standard InChI is InChI=1S/C51H32N4OS/c1-3-13-31(14-4-1)32-25-27-33(28-26-32)49-52-50(39-20-12-24-44-45(39)38-18-8-10-23-43(38)57-44)54-51(53-49)40-21-11-19-35-36-29-30-42-46(48(36)56-47(35)40)37-17-7-9-22-41(37)55(42)34-15-5-2-6-16-34/h1-30,36,48H. The lowest BCUT2D eigenvalue weighted by atomic mass is 9.85. The maximum absolute atomic E-state index is 7.19. The van der Waals surface area contributed by atoms with Crippen LogP contribution in [0.15, 0.2) is 176 Å². The van der Waals surface area contributed by atoms with Crippen LogP contribution >= 0.6 is 11.3 Å². The SMILES string of the molecule is C1=CC2c3cccc(-c4nc(-c5ccc(-c6ccccc6)cc5)nc(-c5cccc6sc7ccccc7c56)n4)c3OC2c2c1n(-c1ccccc1)c1ccccc21. The molecule has 1 aliphatic heterocycles. The average molecular weight is 749 g/mol. The van der Waals surface area contributed by atoms with E-state index in [9.17, 15) is 0 Å². The van der Waals surface area contributed by atoms with E-state index in [1.54, 1.807) is 11.3 Å². The van der Waals surface area contributed by atoms with Gasteiger partial charge in [0.1, 0.15) is 11.9 Å². The number of thiophene rings is 1. The number of ether oxygens (including phenoxy) is 1. The third kappa shape index (κ3) is 5.04. The summed E-state index contributed by atoms with van der Waals surface area (Å²) in [6.45, 7) is 0. The molecule has 0 N–H and O–H groups in total. The molecule has 10 aromatic rings. The van der Waals surface area contributed by atoms with E-state index in [0.29, 0.717) is 17.5 Å². The molecule has 5 nitrogen and oxygen atoms in total. The van der Waals surface area contributed by atoms with Crippen molar-refractivity contribution in [2.45, 2.75) is 12.0 Å². The van der Waals surface area contributed by atoms with Gasteiger partial charge in [0.25, 0.3) is 0 Å². The molecule has 0 spiro atoms. The molecule has 268 valence electrons. The zero-order valence-electron chi connectivity index (χ0n) is 30.6. The van der Waals surface area contributed by atoms with Crippen molar-refractivity contribution in [3.8, 4) is 56.7 Å². The van der Waals surface area contributed by atoms with Crippen molar-refractivity contribution in [1.29, 1.82) is 0 Å². The highest BCUT2D eigenvalue weighted by atomic mass is 32.1. The first-order chi connectivity index (χ1) is 28.3. The predicted octanol–water partition coefficient (Wildman–Crippen LogP) is 13.1. The first-order valence-corrected chi connectivity index (χ1v) is 20.1. The summed E-state index contributed by atoms with van der Waals surface area (Å²) in [6, 6.07) is 59.6. The van der Waals surface area contributed by atoms with Crippen LogP contribution in [-0.2, 0) is 0 Å². The number of benzene rings is 7. The molecular formula is C51H32N4OS. The summed E-state index contributed by atoms with van der Waals surface area (Å²) < 4.78 is 12.0. The first-order valence-electron chi connectivity index (χ1n) is 19.3. The molecule has 0 saturated carbocycles. The smallest absolute Gasteiger partial charge is 0.167 e. The molecule has 0 amide bonds. The molecule has 0 radical (unpaired) electrons. The number of nitrogens with zero attached hydrogens (tertiary/aromatic N) is 4. The number of hydrogen-bond acceptors (Lipinski definition) is 5. The lowest BCUT2D eigenvalue weighted by Crippen LogP contribution is -2.13. The van der Waals surface area contributed by atoms with Crippen LogP contribution in [0.3, 0.4) is 0 Å².